The molecule has 2 amide bonds. The Bertz CT molecular complexity index is 965. The van der Waals surface area contributed by atoms with Gasteiger partial charge in [-0.1, -0.05) is 17.8 Å². The van der Waals surface area contributed by atoms with E-state index in [9.17, 15) is 14.0 Å². The summed E-state index contributed by atoms with van der Waals surface area (Å²) in [6, 6.07) is 11.2. The molecule has 30 heavy (non-hydrogen) atoms. The number of carbonyl (C=O) groups excluding carboxylic acids is 2. The fourth-order valence-electron chi connectivity index (χ4n) is 3.02. The Morgan fingerprint density at radius 1 is 1.17 bits per heavy atom. The van der Waals surface area contributed by atoms with Gasteiger partial charge in [0.1, 0.15) is 11.1 Å². The smallest absolute Gasteiger partial charge is 0.242 e. The number of aliphatic imine (C=N–C) groups is 1. The molecule has 158 valence electrons. The minimum absolute atomic E-state index is 0.0706. The second-order valence-corrected chi connectivity index (χ2v) is 7.75. The predicted octanol–water partition coefficient (Wildman–Crippen LogP) is 2.89. The number of primary amides is 1. The monoisotopic (exact) mass is 431 g/mol. The van der Waals surface area contributed by atoms with E-state index in [1.54, 1.807) is 25.2 Å². The lowest BCUT2D eigenvalue weighted by atomic mass is 10.1. The molecule has 1 atom stereocenters. The van der Waals surface area contributed by atoms with Gasteiger partial charge in [-0.05, 0) is 48.4 Å². The predicted molar refractivity (Wildman–Crippen MR) is 114 cm³/mol. The van der Waals surface area contributed by atoms with E-state index >= 15 is 0 Å². The van der Waals surface area contributed by atoms with Crippen LogP contribution in [0, 0.1) is 5.82 Å². The van der Waals surface area contributed by atoms with E-state index in [-0.39, 0.29) is 18.1 Å². The lowest BCUT2D eigenvalue weighted by Crippen LogP contribution is -2.35. The summed E-state index contributed by atoms with van der Waals surface area (Å²) in [7, 11) is 3.12. The van der Waals surface area contributed by atoms with Gasteiger partial charge in [0.25, 0.3) is 0 Å². The molecular weight excluding hydrogens is 409 g/mol. The van der Waals surface area contributed by atoms with Crippen molar-refractivity contribution >= 4 is 34.4 Å². The van der Waals surface area contributed by atoms with Crippen LogP contribution in [0.1, 0.15) is 12.0 Å². The maximum Gasteiger partial charge on any atom is 0.242 e. The van der Waals surface area contributed by atoms with Crippen molar-refractivity contribution < 1.29 is 23.5 Å². The van der Waals surface area contributed by atoms with Crippen LogP contribution in [0.3, 0.4) is 0 Å². The third-order valence-corrected chi connectivity index (χ3v) is 5.71. The van der Waals surface area contributed by atoms with E-state index < -0.39 is 11.2 Å². The summed E-state index contributed by atoms with van der Waals surface area (Å²) in [4.78, 5) is 30.2. The molecule has 1 saturated heterocycles. The minimum atomic E-state index is -0.618. The number of methoxy groups -OCH3 is 2. The van der Waals surface area contributed by atoms with Crippen molar-refractivity contribution in [2.24, 2.45) is 10.7 Å². The molecule has 2 N–H and O–H groups in total. The van der Waals surface area contributed by atoms with E-state index in [4.69, 9.17) is 15.2 Å². The highest BCUT2D eigenvalue weighted by molar-refractivity contribution is 8.15. The Hall–Kier alpha value is -3.07. The Morgan fingerprint density at radius 2 is 1.87 bits per heavy atom. The van der Waals surface area contributed by atoms with E-state index in [0.717, 1.165) is 5.56 Å². The molecule has 1 fully saturated rings. The highest BCUT2D eigenvalue weighted by Gasteiger charge is 2.38. The summed E-state index contributed by atoms with van der Waals surface area (Å²) in [6.07, 6.45) is 0.469. The molecule has 1 aliphatic heterocycles. The van der Waals surface area contributed by atoms with E-state index in [0.29, 0.717) is 35.3 Å². The number of halogens is 1. The summed E-state index contributed by atoms with van der Waals surface area (Å²) >= 11 is 1.19. The standard InChI is InChI=1S/C21H22FN3O4S/c1-28-16-8-3-13(11-17(16)29-2)9-10-25-20(27)18(12-19(23)26)30-21(25)24-15-6-4-14(22)5-7-15/h3-8,11,18H,9-10,12H2,1-2H3,(H2,23,26)/t18-/m0/s1. The zero-order valence-corrected chi connectivity index (χ0v) is 17.4. The number of thioether (sulfide) groups is 1. The van der Waals surface area contributed by atoms with Gasteiger partial charge in [-0.3, -0.25) is 14.5 Å². The van der Waals surface area contributed by atoms with Crippen molar-refractivity contribution in [3.8, 4) is 11.5 Å². The van der Waals surface area contributed by atoms with Crippen LogP contribution in [0.4, 0.5) is 10.1 Å². The molecule has 1 heterocycles. The Morgan fingerprint density at radius 3 is 2.50 bits per heavy atom. The van der Waals surface area contributed by atoms with E-state index in [1.807, 2.05) is 12.1 Å². The lowest BCUT2D eigenvalue weighted by molar-refractivity contribution is -0.128. The molecule has 0 radical (unpaired) electrons. The number of nitrogens with two attached hydrogens (primary N) is 1. The fraction of sp³-hybridized carbons (Fsp3) is 0.286. The Kier molecular flexibility index (Phi) is 6.94. The van der Waals surface area contributed by atoms with Crippen LogP contribution >= 0.6 is 11.8 Å². The summed E-state index contributed by atoms with van der Waals surface area (Å²) in [5.74, 6) is 0.0768. The van der Waals surface area contributed by atoms with E-state index in [2.05, 4.69) is 4.99 Å². The number of amides is 2. The molecule has 0 saturated carbocycles. The minimum Gasteiger partial charge on any atom is -0.493 e. The third kappa shape index (κ3) is 5.10. The molecule has 2 aromatic carbocycles. The molecule has 9 heteroatoms. The fourth-order valence-corrected chi connectivity index (χ4v) is 4.21. The normalized spacial score (nSPS) is 17.4. The molecular formula is C21H22FN3O4S. The van der Waals surface area contributed by atoms with Crippen molar-refractivity contribution in [3.05, 3.63) is 53.8 Å². The highest BCUT2D eigenvalue weighted by Crippen LogP contribution is 2.32. The molecule has 0 aromatic heterocycles. The van der Waals surface area contributed by atoms with Gasteiger partial charge in [0, 0.05) is 13.0 Å². The van der Waals surface area contributed by atoms with Crippen molar-refractivity contribution in [1.29, 1.82) is 0 Å². The second kappa shape index (κ2) is 9.62. The lowest BCUT2D eigenvalue weighted by Gasteiger charge is -2.17. The number of amidine groups is 1. The van der Waals surface area contributed by atoms with Gasteiger partial charge in [0.05, 0.1) is 19.9 Å². The Balaban J connectivity index is 1.82. The molecule has 1 aliphatic rings. The summed E-state index contributed by atoms with van der Waals surface area (Å²) in [6.45, 7) is 0.358. The second-order valence-electron chi connectivity index (χ2n) is 6.58. The molecule has 3 rings (SSSR count). The van der Waals surface area contributed by atoms with Crippen molar-refractivity contribution in [1.82, 2.24) is 4.90 Å². The summed E-state index contributed by atoms with van der Waals surface area (Å²) in [5.41, 5.74) is 6.75. The molecule has 0 unspecified atom stereocenters. The number of ether oxygens (including phenoxy) is 2. The van der Waals surface area contributed by atoms with Crippen molar-refractivity contribution in [2.75, 3.05) is 20.8 Å². The number of rotatable bonds is 8. The van der Waals surface area contributed by atoms with Crippen LogP contribution in [0.15, 0.2) is 47.5 Å². The first kappa shape index (κ1) is 21.6. The summed E-state index contributed by atoms with van der Waals surface area (Å²) in [5, 5.41) is -0.162. The quantitative estimate of drug-likeness (QED) is 0.694. The van der Waals surface area contributed by atoms with Gasteiger partial charge in [0.2, 0.25) is 11.8 Å². The molecule has 7 nitrogen and oxygen atoms in total. The van der Waals surface area contributed by atoms with Crippen molar-refractivity contribution in [2.45, 2.75) is 18.1 Å². The first-order valence-electron chi connectivity index (χ1n) is 9.22. The maximum absolute atomic E-state index is 13.2. The molecule has 0 spiro atoms. The van der Waals surface area contributed by atoms with Crippen LogP contribution in [0.25, 0.3) is 0 Å². The largest absolute Gasteiger partial charge is 0.493 e. The number of nitrogens with zero attached hydrogens (tertiary/aromatic N) is 2. The first-order chi connectivity index (χ1) is 14.4. The highest BCUT2D eigenvalue weighted by atomic mass is 32.2. The van der Waals surface area contributed by atoms with E-state index in [1.165, 1.54) is 36.0 Å². The first-order valence-corrected chi connectivity index (χ1v) is 10.1. The van der Waals surface area contributed by atoms with Crippen LogP contribution in [-0.4, -0.2) is 47.9 Å². The number of carbonyl (C=O) groups is 2. The van der Waals surface area contributed by atoms with Gasteiger partial charge >= 0.3 is 0 Å². The number of hydrogen-bond donors (Lipinski definition) is 1. The zero-order chi connectivity index (χ0) is 21.7. The SMILES string of the molecule is COc1ccc(CCN2C(=O)[C@H](CC(N)=O)SC2=Nc2ccc(F)cc2)cc1OC. The summed E-state index contributed by atoms with van der Waals surface area (Å²) < 4.78 is 23.8. The average molecular weight is 431 g/mol. The van der Waals surface area contributed by atoms with Gasteiger partial charge in [0.15, 0.2) is 16.7 Å². The average Bonchev–Trinajstić information content (AvgIpc) is 3.01. The topological polar surface area (TPSA) is 94.2 Å². The van der Waals surface area contributed by atoms with Crippen LogP contribution < -0.4 is 15.2 Å². The maximum atomic E-state index is 13.2. The molecule has 0 bridgehead atoms. The van der Waals surface area contributed by atoms with Gasteiger partial charge in [-0.25, -0.2) is 9.38 Å². The van der Waals surface area contributed by atoms with Crippen LogP contribution in [0.2, 0.25) is 0 Å². The third-order valence-electron chi connectivity index (χ3n) is 4.53. The number of benzene rings is 2. The molecule has 2 aromatic rings. The Labute approximate surface area is 178 Å². The number of hydrogen-bond acceptors (Lipinski definition) is 6. The molecule has 0 aliphatic carbocycles. The van der Waals surface area contributed by atoms with Gasteiger partial charge in [-0.2, -0.15) is 0 Å². The van der Waals surface area contributed by atoms with Gasteiger partial charge < -0.3 is 15.2 Å². The van der Waals surface area contributed by atoms with Crippen LogP contribution in [0.5, 0.6) is 11.5 Å². The van der Waals surface area contributed by atoms with Crippen LogP contribution in [-0.2, 0) is 16.0 Å². The zero-order valence-electron chi connectivity index (χ0n) is 16.6. The van der Waals surface area contributed by atoms with Crippen molar-refractivity contribution in [3.63, 3.8) is 0 Å². The van der Waals surface area contributed by atoms with Gasteiger partial charge in [-0.15, -0.1) is 0 Å².